The van der Waals surface area contributed by atoms with Gasteiger partial charge in [0.25, 0.3) is 0 Å². The maximum absolute atomic E-state index is 12.9. The quantitative estimate of drug-likeness (QED) is 0.792. The minimum Gasteiger partial charge on any atom is -0.481 e. The average molecular weight is 264 g/mol. The van der Waals surface area contributed by atoms with Crippen LogP contribution in [0.5, 0.6) is 5.75 Å². The zero-order chi connectivity index (χ0) is 13.5. The molecule has 2 unspecified atom stereocenters. The van der Waals surface area contributed by atoms with Gasteiger partial charge in [-0.25, -0.2) is 4.39 Å². The van der Waals surface area contributed by atoms with Gasteiger partial charge >= 0.3 is 12.1 Å². The third-order valence-corrected chi connectivity index (χ3v) is 2.72. The summed E-state index contributed by atoms with van der Waals surface area (Å²) in [7, 11) is 0. The van der Waals surface area contributed by atoms with E-state index in [4.69, 9.17) is 5.11 Å². The van der Waals surface area contributed by atoms with Crippen molar-refractivity contribution in [3.05, 3.63) is 29.6 Å². The molecule has 0 radical (unpaired) electrons. The number of hydrogen-bond donors (Lipinski definition) is 1. The van der Waals surface area contributed by atoms with Gasteiger partial charge < -0.3 is 9.84 Å². The van der Waals surface area contributed by atoms with Crippen LogP contribution in [0.3, 0.4) is 0 Å². The lowest BCUT2D eigenvalue weighted by Crippen LogP contribution is -2.47. The number of carbonyl (C=O) groups is 1. The molecule has 0 bridgehead atoms. The fourth-order valence-corrected chi connectivity index (χ4v) is 1.90. The summed E-state index contributed by atoms with van der Waals surface area (Å²) in [5.74, 6) is -4.16. The summed E-state index contributed by atoms with van der Waals surface area (Å²) in [4.78, 5) is 10.8. The first kappa shape index (κ1) is 12.7. The zero-order valence-corrected chi connectivity index (χ0v) is 8.87. The lowest BCUT2D eigenvalue weighted by molar-refractivity contribution is -0.217. The summed E-state index contributed by atoms with van der Waals surface area (Å²) >= 11 is 0. The van der Waals surface area contributed by atoms with Gasteiger partial charge in [0.1, 0.15) is 17.5 Å². The number of carboxylic acid groups (broad SMARTS) is 1. The number of alkyl halides is 3. The number of ether oxygens (including phenoxy) is 1. The van der Waals surface area contributed by atoms with Crippen LogP contribution >= 0.6 is 0 Å². The van der Waals surface area contributed by atoms with Crippen molar-refractivity contribution in [2.24, 2.45) is 5.92 Å². The number of halogens is 4. The third-order valence-electron chi connectivity index (χ3n) is 2.72. The van der Waals surface area contributed by atoms with E-state index in [0.29, 0.717) is 0 Å². The predicted molar refractivity (Wildman–Crippen MR) is 51.7 cm³/mol. The molecule has 0 fully saturated rings. The highest BCUT2D eigenvalue weighted by molar-refractivity contribution is 5.72. The van der Waals surface area contributed by atoms with Crippen LogP contribution in [0, 0.1) is 11.7 Å². The summed E-state index contributed by atoms with van der Waals surface area (Å²) in [6.45, 7) is 0. The Hall–Kier alpha value is -1.79. The van der Waals surface area contributed by atoms with E-state index in [-0.39, 0.29) is 11.3 Å². The van der Waals surface area contributed by atoms with Crippen LogP contribution in [0.15, 0.2) is 18.2 Å². The van der Waals surface area contributed by atoms with Crippen molar-refractivity contribution in [1.82, 2.24) is 0 Å². The average Bonchev–Trinajstić information content (AvgIpc) is 2.25. The van der Waals surface area contributed by atoms with Crippen LogP contribution in [-0.4, -0.2) is 23.4 Å². The highest BCUT2D eigenvalue weighted by atomic mass is 19.4. The normalized spacial score (nSPS) is 23.1. The van der Waals surface area contributed by atoms with Gasteiger partial charge in [-0.15, -0.1) is 0 Å². The van der Waals surface area contributed by atoms with Crippen LogP contribution in [0.2, 0.25) is 0 Å². The van der Waals surface area contributed by atoms with Crippen LogP contribution in [-0.2, 0) is 11.2 Å². The molecule has 0 spiro atoms. The van der Waals surface area contributed by atoms with E-state index in [9.17, 15) is 22.4 Å². The van der Waals surface area contributed by atoms with E-state index in [2.05, 4.69) is 4.74 Å². The van der Waals surface area contributed by atoms with Crippen LogP contribution in [0.4, 0.5) is 17.6 Å². The topological polar surface area (TPSA) is 46.5 Å². The van der Waals surface area contributed by atoms with Gasteiger partial charge in [-0.1, -0.05) is 0 Å². The fourth-order valence-electron chi connectivity index (χ4n) is 1.90. The van der Waals surface area contributed by atoms with Crippen molar-refractivity contribution >= 4 is 5.97 Å². The van der Waals surface area contributed by atoms with Gasteiger partial charge in [-0.05, 0) is 30.2 Å². The molecule has 98 valence electrons. The van der Waals surface area contributed by atoms with Gasteiger partial charge in [-0.3, -0.25) is 4.79 Å². The Kier molecular flexibility index (Phi) is 2.92. The number of benzene rings is 1. The molecule has 2 atom stereocenters. The maximum atomic E-state index is 12.9. The number of carboxylic acids is 1. The second kappa shape index (κ2) is 4.15. The Morgan fingerprint density at radius 3 is 2.61 bits per heavy atom. The van der Waals surface area contributed by atoms with E-state index < -0.39 is 36.4 Å². The lowest BCUT2D eigenvalue weighted by atomic mass is 9.90. The Morgan fingerprint density at radius 1 is 1.39 bits per heavy atom. The minimum atomic E-state index is -4.78. The van der Waals surface area contributed by atoms with Gasteiger partial charge in [0.15, 0.2) is 0 Å². The minimum absolute atomic E-state index is 0.128. The van der Waals surface area contributed by atoms with E-state index in [1.807, 2.05) is 0 Å². The summed E-state index contributed by atoms with van der Waals surface area (Å²) in [5.41, 5.74) is 0.128. The first-order chi connectivity index (χ1) is 8.29. The van der Waals surface area contributed by atoms with Gasteiger partial charge in [0.2, 0.25) is 6.10 Å². The zero-order valence-electron chi connectivity index (χ0n) is 8.87. The monoisotopic (exact) mass is 264 g/mol. The van der Waals surface area contributed by atoms with Crippen LogP contribution in [0.25, 0.3) is 0 Å². The molecule has 1 aliphatic rings. The molecule has 1 aromatic carbocycles. The molecular formula is C11H8F4O3. The Labute approximate surface area is 99.0 Å². The first-order valence-electron chi connectivity index (χ1n) is 5.03. The number of fused-ring (bicyclic) bond motifs is 1. The number of hydrogen-bond acceptors (Lipinski definition) is 2. The largest absolute Gasteiger partial charge is 0.481 e. The molecule has 7 heteroatoms. The molecule has 2 rings (SSSR count). The molecule has 0 aliphatic carbocycles. The molecule has 1 heterocycles. The Balaban J connectivity index is 2.40. The van der Waals surface area contributed by atoms with E-state index in [0.717, 1.165) is 18.2 Å². The standard InChI is InChI=1S/C11H8F4O3/c12-6-1-2-8-5(3-6)4-7(10(16)17)9(18-8)11(13,14)15/h1-3,7,9H,4H2,(H,16,17). The summed E-state index contributed by atoms with van der Waals surface area (Å²) in [6.07, 6.45) is -7.60. The molecule has 0 amide bonds. The molecule has 1 aliphatic heterocycles. The smallest absolute Gasteiger partial charge is 0.426 e. The van der Waals surface area contributed by atoms with Crippen molar-refractivity contribution in [2.45, 2.75) is 18.7 Å². The van der Waals surface area contributed by atoms with E-state index in [1.165, 1.54) is 0 Å². The molecule has 1 N–H and O–H groups in total. The van der Waals surface area contributed by atoms with Crippen LogP contribution < -0.4 is 4.74 Å². The maximum Gasteiger partial charge on any atom is 0.426 e. The molecular weight excluding hydrogens is 256 g/mol. The summed E-state index contributed by atoms with van der Waals surface area (Å²) in [6, 6.07) is 3.02. The van der Waals surface area contributed by atoms with Crippen LogP contribution in [0.1, 0.15) is 5.56 Å². The van der Waals surface area contributed by atoms with Crippen molar-refractivity contribution in [1.29, 1.82) is 0 Å². The third kappa shape index (κ3) is 2.25. The molecule has 0 aromatic heterocycles. The Bertz CT molecular complexity index is 484. The second-order valence-corrected chi connectivity index (χ2v) is 3.98. The van der Waals surface area contributed by atoms with E-state index >= 15 is 0 Å². The molecule has 0 saturated heterocycles. The van der Waals surface area contributed by atoms with Gasteiger partial charge in [-0.2, -0.15) is 13.2 Å². The first-order valence-corrected chi connectivity index (χ1v) is 5.03. The number of aliphatic carboxylic acids is 1. The second-order valence-electron chi connectivity index (χ2n) is 3.98. The van der Waals surface area contributed by atoms with Crippen molar-refractivity contribution in [3.63, 3.8) is 0 Å². The molecule has 3 nitrogen and oxygen atoms in total. The summed E-state index contributed by atoms with van der Waals surface area (Å²) < 4.78 is 55.6. The molecule has 0 saturated carbocycles. The number of rotatable bonds is 1. The highest BCUT2D eigenvalue weighted by Crippen LogP contribution is 2.38. The van der Waals surface area contributed by atoms with Crippen molar-refractivity contribution < 1.29 is 32.2 Å². The Morgan fingerprint density at radius 2 is 2.06 bits per heavy atom. The van der Waals surface area contributed by atoms with E-state index in [1.54, 1.807) is 0 Å². The van der Waals surface area contributed by atoms with Crippen molar-refractivity contribution in [2.75, 3.05) is 0 Å². The SMILES string of the molecule is O=C(O)C1Cc2cc(F)ccc2OC1C(F)(F)F. The fraction of sp³-hybridized carbons (Fsp3) is 0.364. The molecule has 1 aromatic rings. The summed E-state index contributed by atoms with van der Waals surface area (Å²) in [5, 5.41) is 8.79. The van der Waals surface area contributed by atoms with Gasteiger partial charge in [0, 0.05) is 0 Å². The lowest BCUT2D eigenvalue weighted by Gasteiger charge is -2.32. The highest BCUT2D eigenvalue weighted by Gasteiger charge is 2.52. The van der Waals surface area contributed by atoms with Gasteiger partial charge in [0.05, 0.1) is 0 Å². The molecule has 18 heavy (non-hydrogen) atoms. The van der Waals surface area contributed by atoms with Crippen molar-refractivity contribution in [3.8, 4) is 5.75 Å². The predicted octanol–water partition coefficient (Wildman–Crippen LogP) is 2.39.